The lowest BCUT2D eigenvalue weighted by molar-refractivity contribution is -0.202. The molecule has 1 aromatic carbocycles. The lowest BCUT2D eigenvalue weighted by Crippen LogP contribution is -2.65. The summed E-state index contributed by atoms with van der Waals surface area (Å²) < 4.78 is 26.0. The standard InChI is InChI=1S/C31H55NO4/c1-6-10-19-33-25-28-30(35-21-12-8-3)31(36-22-13-9-4)29(34-20-11-7-2)24-32(28)23-26(5)27-17-15-14-16-18-27/h14-18,26,28-31H,6-13,19-25H2,1-5H3/t26-,28?,29?,30?,31?/m1/s1. The molecule has 1 aliphatic rings. The summed E-state index contributed by atoms with van der Waals surface area (Å²) in [5.41, 5.74) is 1.37. The Morgan fingerprint density at radius 2 is 1.31 bits per heavy atom. The van der Waals surface area contributed by atoms with Crippen LogP contribution in [0, 0.1) is 0 Å². The smallest absolute Gasteiger partial charge is 0.113 e. The molecule has 0 radical (unpaired) electrons. The van der Waals surface area contributed by atoms with Crippen molar-refractivity contribution in [3.05, 3.63) is 35.9 Å². The molecule has 0 aliphatic carbocycles. The molecule has 1 aliphatic heterocycles. The fourth-order valence-electron chi connectivity index (χ4n) is 4.87. The summed E-state index contributed by atoms with van der Waals surface area (Å²) in [7, 11) is 0. The Balaban J connectivity index is 2.29. The van der Waals surface area contributed by atoms with Crippen LogP contribution in [0.2, 0.25) is 0 Å². The fourth-order valence-corrected chi connectivity index (χ4v) is 4.87. The summed E-state index contributed by atoms with van der Waals surface area (Å²) in [4.78, 5) is 2.58. The third-order valence-corrected chi connectivity index (χ3v) is 7.21. The number of rotatable bonds is 20. The SMILES string of the molecule is CCCCOCC1C(OCCCC)C(OCCCC)C(OCCCC)CN1C[C@@H](C)c1ccccc1. The number of benzene rings is 1. The van der Waals surface area contributed by atoms with Crippen LogP contribution in [0.5, 0.6) is 0 Å². The molecule has 0 saturated carbocycles. The van der Waals surface area contributed by atoms with E-state index in [2.05, 4.69) is 69.9 Å². The maximum absolute atomic E-state index is 6.66. The van der Waals surface area contributed by atoms with E-state index in [0.717, 1.165) is 90.9 Å². The van der Waals surface area contributed by atoms with E-state index in [1.54, 1.807) is 0 Å². The van der Waals surface area contributed by atoms with Crippen LogP contribution < -0.4 is 0 Å². The zero-order valence-electron chi connectivity index (χ0n) is 24.0. The molecule has 1 fully saturated rings. The van der Waals surface area contributed by atoms with Crippen LogP contribution in [-0.2, 0) is 18.9 Å². The second-order valence-electron chi connectivity index (χ2n) is 10.4. The van der Waals surface area contributed by atoms with Gasteiger partial charge >= 0.3 is 0 Å². The van der Waals surface area contributed by atoms with Crippen molar-refractivity contribution >= 4 is 0 Å². The lowest BCUT2D eigenvalue weighted by Gasteiger charge is -2.49. The summed E-state index contributed by atoms with van der Waals surface area (Å²) >= 11 is 0. The summed E-state index contributed by atoms with van der Waals surface area (Å²) in [5, 5.41) is 0. The highest BCUT2D eigenvalue weighted by Crippen LogP contribution is 2.30. The van der Waals surface area contributed by atoms with Crippen molar-refractivity contribution in [3.8, 4) is 0 Å². The van der Waals surface area contributed by atoms with Crippen molar-refractivity contribution < 1.29 is 18.9 Å². The van der Waals surface area contributed by atoms with Crippen LogP contribution >= 0.6 is 0 Å². The van der Waals surface area contributed by atoms with Crippen molar-refractivity contribution in [1.29, 1.82) is 0 Å². The predicted molar refractivity (Wildman–Crippen MR) is 150 cm³/mol. The molecule has 0 spiro atoms. The summed E-state index contributed by atoms with van der Waals surface area (Å²) in [6.45, 7) is 16.8. The topological polar surface area (TPSA) is 40.2 Å². The Morgan fingerprint density at radius 3 is 1.92 bits per heavy atom. The molecular formula is C31H55NO4. The van der Waals surface area contributed by atoms with Gasteiger partial charge in [0.05, 0.1) is 18.8 Å². The van der Waals surface area contributed by atoms with Crippen LogP contribution in [-0.4, -0.2) is 75.4 Å². The highest BCUT2D eigenvalue weighted by molar-refractivity contribution is 5.19. The Morgan fingerprint density at radius 1 is 0.750 bits per heavy atom. The van der Waals surface area contributed by atoms with Gasteiger partial charge in [0.25, 0.3) is 0 Å². The number of hydrogen-bond donors (Lipinski definition) is 0. The molecule has 4 unspecified atom stereocenters. The van der Waals surface area contributed by atoms with Crippen LogP contribution in [0.4, 0.5) is 0 Å². The monoisotopic (exact) mass is 505 g/mol. The van der Waals surface area contributed by atoms with Crippen LogP contribution in [0.3, 0.4) is 0 Å². The van der Waals surface area contributed by atoms with E-state index in [-0.39, 0.29) is 24.4 Å². The third kappa shape index (κ3) is 10.8. The Hall–Kier alpha value is -0.980. The van der Waals surface area contributed by atoms with Gasteiger partial charge in [-0.3, -0.25) is 4.90 Å². The minimum absolute atomic E-state index is 0.00916. The van der Waals surface area contributed by atoms with Gasteiger partial charge in [-0.05, 0) is 37.2 Å². The Bertz CT molecular complexity index is 643. The first-order valence-electron chi connectivity index (χ1n) is 14.9. The molecule has 208 valence electrons. The van der Waals surface area contributed by atoms with E-state index in [9.17, 15) is 0 Å². The first kappa shape index (κ1) is 31.2. The fraction of sp³-hybridized carbons (Fsp3) is 0.806. The van der Waals surface area contributed by atoms with Gasteiger partial charge in [0.1, 0.15) is 12.2 Å². The average Bonchev–Trinajstić information content (AvgIpc) is 2.89. The van der Waals surface area contributed by atoms with Crippen molar-refractivity contribution in [2.75, 3.05) is 46.1 Å². The minimum atomic E-state index is -0.0617. The molecule has 5 heteroatoms. The number of unbranched alkanes of at least 4 members (excludes halogenated alkanes) is 4. The second kappa shape index (κ2) is 19.1. The normalized spacial score (nSPS) is 23.7. The molecule has 2 rings (SSSR count). The molecule has 0 amide bonds. The number of hydrogen-bond acceptors (Lipinski definition) is 5. The molecule has 0 aromatic heterocycles. The largest absolute Gasteiger partial charge is 0.380 e. The zero-order valence-corrected chi connectivity index (χ0v) is 24.0. The maximum atomic E-state index is 6.66. The number of nitrogens with zero attached hydrogens (tertiary/aromatic N) is 1. The number of likely N-dealkylation sites (tertiary alicyclic amines) is 1. The lowest BCUT2D eigenvalue weighted by atomic mass is 9.91. The van der Waals surface area contributed by atoms with E-state index in [4.69, 9.17) is 18.9 Å². The van der Waals surface area contributed by atoms with Crippen molar-refractivity contribution in [2.45, 2.75) is 116 Å². The third-order valence-electron chi connectivity index (χ3n) is 7.21. The van der Waals surface area contributed by atoms with Crippen molar-refractivity contribution in [3.63, 3.8) is 0 Å². The molecule has 1 saturated heterocycles. The molecule has 5 atom stereocenters. The summed E-state index contributed by atoms with van der Waals surface area (Å²) in [5.74, 6) is 0.412. The quantitative estimate of drug-likeness (QED) is 0.181. The van der Waals surface area contributed by atoms with Gasteiger partial charge in [-0.1, -0.05) is 90.6 Å². The summed E-state index contributed by atoms with van der Waals surface area (Å²) in [6.07, 6.45) is 8.70. The van der Waals surface area contributed by atoms with Crippen molar-refractivity contribution in [1.82, 2.24) is 4.90 Å². The molecular weight excluding hydrogens is 450 g/mol. The van der Waals surface area contributed by atoms with Crippen LogP contribution in [0.1, 0.15) is 97.5 Å². The van der Waals surface area contributed by atoms with Gasteiger partial charge < -0.3 is 18.9 Å². The number of ether oxygens (including phenoxy) is 4. The van der Waals surface area contributed by atoms with Gasteiger partial charge in [-0.25, -0.2) is 0 Å². The molecule has 1 heterocycles. The van der Waals surface area contributed by atoms with Gasteiger partial charge in [0.2, 0.25) is 0 Å². The average molecular weight is 506 g/mol. The first-order valence-corrected chi connectivity index (χ1v) is 14.9. The highest BCUT2D eigenvalue weighted by atomic mass is 16.6. The highest BCUT2D eigenvalue weighted by Gasteiger charge is 2.46. The van der Waals surface area contributed by atoms with Gasteiger partial charge in [0, 0.05) is 39.5 Å². The van der Waals surface area contributed by atoms with E-state index < -0.39 is 0 Å². The van der Waals surface area contributed by atoms with Crippen molar-refractivity contribution in [2.24, 2.45) is 0 Å². The first-order chi connectivity index (χ1) is 17.7. The van der Waals surface area contributed by atoms with Crippen LogP contribution in [0.15, 0.2) is 30.3 Å². The Kier molecular flexibility index (Phi) is 16.6. The van der Waals surface area contributed by atoms with Gasteiger partial charge in [-0.15, -0.1) is 0 Å². The number of piperidine rings is 1. The molecule has 36 heavy (non-hydrogen) atoms. The van der Waals surface area contributed by atoms with E-state index in [0.29, 0.717) is 12.5 Å². The molecule has 0 bridgehead atoms. The maximum Gasteiger partial charge on any atom is 0.113 e. The van der Waals surface area contributed by atoms with Gasteiger partial charge in [0.15, 0.2) is 0 Å². The minimum Gasteiger partial charge on any atom is -0.380 e. The molecule has 5 nitrogen and oxygen atoms in total. The van der Waals surface area contributed by atoms with E-state index >= 15 is 0 Å². The Labute approximate surface area is 222 Å². The van der Waals surface area contributed by atoms with E-state index in [1.165, 1.54) is 5.56 Å². The van der Waals surface area contributed by atoms with E-state index in [1.807, 2.05) is 0 Å². The summed E-state index contributed by atoms with van der Waals surface area (Å²) in [6, 6.07) is 11.0. The zero-order chi connectivity index (χ0) is 26.0. The van der Waals surface area contributed by atoms with Crippen LogP contribution in [0.25, 0.3) is 0 Å². The molecule has 0 N–H and O–H groups in total. The molecule has 1 aromatic rings. The van der Waals surface area contributed by atoms with Gasteiger partial charge in [-0.2, -0.15) is 0 Å². The second-order valence-corrected chi connectivity index (χ2v) is 10.4. The predicted octanol–water partition coefficient (Wildman–Crippen LogP) is 6.85.